The summed E-state index contributed by atoms with van der Waals surface area (Å²) in [6, 6.07) is 7.61. The molecule has 22 heavy (non-hydrogen) atoms. The van der Waals surface area contributed by atoms with Crippen molar-refractivity contribution in [2.75, 3.05) is 11.9 Å². The van der Waals surface area contributed by atoms with Crippen LogP contribution in [0.4, 0.5) is 5.69 Å². The van der Waals surface area contributed by atoms with E-state index >= 15 is 0 Å². The number of amides is 1. The summed E-state index contributed by atoms with van der Waals surface area (Å²) in [4.78, 5) is 16.5. The van der Waals surface area contributed by atoms with Crippen molar-refractivity contribution in [3.8, 4) is 11.3 Å². The van der Waals surface area contributed by atoms with Gasteiger partial charge < -0.3 is 15.1 Å². The van der Waals surface area contributed by atoms with Crippen molar-refractivity contribution in [1.82, 2.24) is 10.3 Å². The van der Waals surface area contributed by atoms with Gasteiger partial charge in [-0.05, 0) is 37.9 Å². The molecular weight excluding hydrogens is 302 g/mol. The molecule has 2 aromatic rings. The van der Waals surface area contributed by atoms with E-state index in [0.717, 1.165) is 37.1 Å². The molecule has 6 heteroatoms. The fourth-order valence-corrected chi connectivity index (χ4v) is 2.82. The second kappa shape index (κ2) is 6.94. The number of aromatic nitrogens is 1. The van der Waals surface area contributed by atoms with Gasteiger partial charge in [0.05, 0.1) is 11.7 Å². The lowest BCUT2D eigenvalue weighted by molar-refractivity contribution is -0.122. The maximum atomic E-state index is 12.6. The van der Waals surface area contributed by atoms with Crippen LogP contribution in [0.15, 0.2) is 41.3 Å². The summed E-state index contributed by atoms with van der Waals surface area (Å²) in [6.45, 7) is 2.95. The molecule has 1 saturated heterocycles. The Hall–Kier alpha value is -1.85. The Morgan fingerprint density at radius 3 is 3.00 bits per heavy atom. The number of carbonyl (C=O) groups excluding carboxylic acids is 1. The van der Waals surface area contributed by atoms with Gasteiger partial charge in [-0.25, -0.2) is 4.98 Å². The number of anilines is 1. The molecule has 1 unspecified atom stereocenters. The summed E-state index contributed by atoms with van der Waals surface area (Å²) >= 11 is 0. The first kappa shape index (κ1) is 16.5. The van der Waals surface area contributed by atoms with Crippen LogP contribution in [0.5, 0.6) is 0 Å². The number of benzene rings is 1. The van der Waals surface area contributed by atoms with Gasteiger partial charge in [-0.3, -0.25) is 4.79 Å². The average molecular weight is 322 g/mol. The van der Waals surface area contributed by atoms with Crippen LogP contribution in [0.2, 0.25) is 0 Å². The smallest absolute Gasteiger partial charge is 0.244 e. The van der Waals surface area contributed by atoms with E-state index in [1.807, 2.05) is 31.2 Å². The SMILES string of the molecule is CCC1(C(=O)Nc2cccc(-c3cnco3)c2)CCCN1.Cl. The summed E-state index contributed by atoms with van der Waals surface area (Å²) < 4.78 is 5.28. The Morgan fingerprint density at radius 2 is 2.36 bits per heavy atom. The summed E-state index contributed by atoms with van der Waals surface area (Å²) in [5.74, 6) is 0.729. The molecule has 1 aromatic carbocycles. The number of halogens is 1. The Morgan fingerprint density at radius 1 is 1.50 bits per heavy atom. The van der Waals surface area contributed by atoms with Crippen LogP contribution in [0.3, 0.4) is 0 Å². The lowest BCUT2D eigenvalue weighted by Gasteiger charge is -2.26. The number of hydrogen-bond donors (Lipinski definition) is 2. The highest BCUT2D eigenvalue weighted by Gasteiger charge is 2.39. The number of nitrogens with zero attached hydrogens (tertiary/aromatic N) is 1. The normalized spacial score (nSPS) is 20.4. The number of carbonyl (C=O) groups is 1. The Bertz CT molecular complexity index is 622. The van der Waals surface area contributed by atoms with Crippen LogP contribution in [0.1, 0.15) is 26.2 Å². The van der Waals surface area contributed by atoms with Crippen molar-refractivity contribution in [3.05, 3.63) is 36.9 Å². The minimum atomic E-state index is -0.428. The van der Waals surface area contributed by atoms with Crippen molar-refractivity contribution < 1.29 is 9.21 Å². The first-order chi connectivity index (χ1) is 10.2. The molecule has 0 bridgehead atoms. The molecule has 3 rings (SSSR count). The Balaban J connectivity index is 0.00000176. The standard InChI is InChI=1S/C16H19N3O2.ClH/c1-2-16(7-4-8-18-16)15(20)19-13-6-3-5-12(9-13)14-10-17-11-21-14;/h3,5-6,9-11,18H,2,4,7-8H2,1H3,(H,19,20);1H. The third kappa shape index (κ3) is 3.15. The van der Waals surface area contributed by atoms with Crippen molar-refractivity contribution in [2.24, 2.45) is 0 Å². The third-order valence-electron chi connectivity index (χ3n) is 4.12. The number of nitrogens with one attached hydrogen (secondary N) is 2. The van der Waals surface area contributed by atoms with Crippen molar-refractivity contribution in [2.45, 2.75) is 31.7 Å². The van der Waals surface area contributed by atoms with Crippen LogP contribution in [-0.2, 0) is 4.79 Å². The van der Waals surface area contributed by atoms with E-state index in [9.17, 15) is 4.79 Å². The van der Waals surface area contributed by atoms with Gasteiger partial charge in [0.25, 0.3) is 0 Å². The molecule has 0 spiro atoms. The maximum Gasteiger partial charge on any atom is 0.244 e. The molecule has 2 N–H and O–H groups in total. The highest BCUT2D eigenvalue weighted by atomic mass is 35.5. The van der Waals surface area contributed by atoms with Crippen molar-refractivity contribution in [3.63, 3.8) is 0 Å². The van der Waals surface area contributed by atoms with E-state index in [0.29, 0.717) is 5.76 Å². The third-order valence-corrected chi connectivity index (χ3v) is 4.12. The summed E-state index contributed by atoms with van der Waals surface area (Å²) in [6.07, 6.45) is 5.78. The lowest BCUT2D eigenvalue weighted by atomic mass is 9.93. The van der Waals surface area contributed by atoms with Crippen LogP contribution in [0, 0.1) is 0 Å². The van der Waals surface area contributed by atoms with E-state index in [1.165, 1.54) is 6.39 Å². The topological polar surface area (TPSA) is 67.2 Å². The average Bonchev–Trinajstić information content (AvgIpc) is 3.20. The van der Waals surface area contributed by atoms with Gasteiger partial charge in [-0.2, -0.15) is 0 Å². The number of rotatable bonds is 4. The lowest BCUT2D eigenvalue weighted by Crippen LogP contribution is -2.50. The van der Waals surface area contributed by atoms with E-state index in [4.69, 9.17) is 4.42 Å². The molecular formula is C16H20ClN3O2. The van der Waals surface area contributed by atoms with Gasteiger partial charge in [0.15, 0.2) is 12.2 Å². The largest absolute Gasteiger partial charge is 0.444 e. The zero-order valence-corrected chi connectivity index (χ0v) is 13.3. The molecule has 1 aromatic heterocycles. The summed E-state index contributed by atoms with van der Waals surface area (Å²) in [7, 11) is 0. The second-order valence-corrected chi connectivity index (χ2v) is 5.37. The molecule has 0 aliphatic carbocycles. The first-order valence-corrected chi connectivity index (χ1v) is 7.29. The monoisotopic (exact) mass is 321 g/mol. The molecule has 1 aliphatic rings. The predicted octanol–water partition coefficient (Wildman–Crippen LogP) is 3.23. The van der Waals surface area contributed by atoms with E-state index in [2.05, 4.69) is 15.6 Å². The first-order valence-electron chi connectivity index (χ1n) is 7.29. The highest BCUT2D eigenvalue weighted by molar-refractivity contribution is 5.98. The van der Waals surface area contributed by atoms with E-state index in [1.54, 1.807) is 6.20 Å². The zero-order chi connectivity index (χ0) is 14.7. The summed E-state index contributed by atoms with van der Waals surface area (Å²) in [5.41, 5.74) is 1.24. The predicted molar refractivity (Wildman–Crippen MR) is 88.1 cm³/mol. The highest BCUT2D eigenvalue weighted by Crippen LogP contribution is 2.26. The fourth-order valence-electron chi connectivity index (χ4n) is 2.82. The Labute approximate surface area is 135 Å². The van der Waals surface area contributed by atoms with E-state index in [-0.39, 0.29) is 18.3 Å². The van der Waals surface area contributed by atoms with Crippen molar-refractivity contribution >= 4 is 24.0 Å². The van der Waals surface area contributed by atoms with Gasteiger partial charge in [0.1, 0.15) is 0 Å². The second-order valence-electron chi connectivity index (χ2n) is 5.37. The molecule has 5 nitrogen and oxygen atoms in total. The molecule has 2 heterocycles. The van der Waals surface area contributed by atoms with Gasteiger partial charge >= 0.3 is 0 Å². The molecule has 1 atom stereocenters. The molecule has 118 valence electrons. The van der Waals surface area contributed by atoms with Gasteiger partial charge in [-0.1, -0.05) is 19.1 Å². The quantitative estimate of drug-likeness (QED) is 0.907. The summed E-state index contributed by atoms with van der Waals surface area (Å²) in [5, 5.41) is 6.36. The molecule has 1 fully saturated rings. The zero-order valence-electron chi connectivity index (χ0n) is 12.5. The fraction of sp³-hybridized carbons (Fsp3) is 0.375. The van der Waals surface area contributed by atoms with Crippen LogP contribution in [-0.4, -0.2) is 23.0 Å². The van der Waals surface area contributed by atoms with Crippen LogP contribution in [0.25, 0.3) is 11.3 Å². The molecule has 1 aliphatic heterocycles. The Kier molecular flexibility index (Phi) is 5.21. The van der Waals surface area contributed by atoms with Crippen LogP contribution >= 0.6 is 12.4 Å². The van der Waals surface area contributed by atoms with Gasteiger partial charge in [0, 0.05) is 11.3 Å². The van der Waals surface area contributed by atoms with E-state index < -0.39 is 5.54 Å². The van der Waals surface area contributed by atoms with Gasteiger partial charge in [-0.15, -0.1) is 12.4 Å². The maximum absolute atomic E-state index is 12.6. The molecule has 1 amide bonds. The molecule has 0 radical (unpaired) electrons. The minimum Gasteiger partial charge on any atom is -0.444 e. The number of oxazole rings is 1. The van der Waals surface area contributed by atoms with Crippen molar-refractivity contribution in [1.29, 1.82) is 0 Å². The molecule has 0 saturated carbocycles. The van der Waals surface area contributed by atoms with Gasteiger partial charge in [0.2, 0.25) is 5.91 Å². The minimum absolute atomic E-state index is 0. The number of hydrogen-bond acceptors (Lipinski definition) is 4. The van der Waals surface area contributed by atoms with Crippen LogP contribution < -0.4 is 10.6 Å².